The maximum atomic E-state index is 13.2. The lowest BCUT2D eigenvalue weighted by Crippen LogP contribution is -2.32. The topological polar surface area (TPSA) is 60.2 Å². The van der Waals surface area contributed by atoms with Gasteiger partial charge in [0.15, 0.2) is 0 Å². The maximum absolute atomic E-state index is 13.2. The van der Waals surface area contributed by atoms with E-state index in [1.54, 1.807) is 19.2 Å². The molecule has 0 aliphatic rings. The summed E-state index contributed by atoms with van der Waals surface area (Å²) < 4.78 is 23.8. The Balaban J connectivity index is 2.13. The molecule has 1 aromatic carbocycles. The molecule has 0 spiro atoms. The molecule has 1 unspecified atom stereocenters. The molecule has 2 aromatic rings. The van der Waals surface area contributed by atoms with Crippen LogP contribution in [0, 0.1) is 5.82 Å². The molecule has 1 aromatic heterocycles. The number of aromatic nitrogens is 2. The van der Waals surface area contributed by atoms with Gasteiger partial charge < -0.3 is 14.6 Å². The third-order valence-electron chi connectivity index (χ3n) is 2.84. The van der Waals surface area contributed by atoms with Gasteiger partial charge in [0.25, 0.3) is 0 Å². The van der Waals surface area contributed by atoms with Gasteiger partial charge in [-0.05, 0) is 41.2 Å². The maximum Gasteiger partial charge on any atom is 0.228 e. The van der Waals surface area contributed by atoms with Crippen LogP contribution in [0.3, 0.4) is 0 Å². The number of ether oxygens (including phenoxy) is 1. The van der Waals surface area contributed by atoms with Gasteiger partial charge in [0.1, 0.15) is 5.82 Å². The van der Waals surface area contributed by atoms with Crippen LogP contribution in [0.5, 0.6) is 0 Å². The summed E-state index contributed by atoms with van der Waals surface area (Å²) in [5, 5.41) is 7.01. The first-order valence-electron chi connectivity index (χ1n) is 6.08. The van der Waals surface area contributed by atoms with E-state index in [-0.39, 0.29) is 11.9 Å². The van der Waals surface area contributed by atoms with Crippen molar-refractivity contribution >= 4 is 15.9 Å². The van der Waals surface area contributed by atoms with Crippen LogP contribution < -0.4 is 5.32 Å². The Hall–Kier alpha value is -1.31. The molecular formula is C13H15BrFN3O2. The van der Waals surface area contributed by atoms with Gasteiger partial charge in [0.2, 0.25) is 11.7 Å². The zero-order chi connectivity index (χ0) is 14.5. The highest BCUT2D eigenvalue weighted by atomic mass is 79.9. The Labute approximate surface area is 124 Å². The standard InChI is InChI=1S/C13H15BrFN3O2/c1-16-9(7-19-2)6-12-17-13(18-20-12)8-3-4-11(15)10(14)5-8/h3-5,9,16H,6-7H2,1-2H3. The van der Waals surface area contributed by atoms with Crippen molar-refractivity contribution in [3.63, 3.8) is 0 Å². The van der Waals surface area contributed by atoms with Gasteiger partial charge in [0.05, 0.1) is 11.1 Å². The molecule has 5 nitrogen and oxygen atoms in total. The van der Waals surface area contributed by atoms with Crippen LogP contribution in [-0.4, -0.2) is 36.9 Å². The fourth-order valence-electron chi connectivity index (χ4n) is 1.75. The molecule has 0 saturated heterocycles. The Morgan fingerprint density at radius 3 is 2.95 bits per heavy atom. The summed E-state index contributed by atoms with van der Waals surface area (Å²) in [5.41, 5.74) is 0.695. The predicted molar refractivity (Wildman–Crippen MR) is 75.8 cm³/mol. The Morgan fingerprint density at radius 1 is 1.50 bits per heavy atom. The van der Waals surface area contributed by atoms with Crippen LogP contribution in [0.25, 0.3) is 11.4 Å². The smallest absolute Gasteiger partial charge is 0.228 e. The molecule has 0 aliphatic heterocycles. The fraction of sp³-hybridized carbons (Fsp3) is 0.385. The molecule has 1 N–H and O–H groups in total. The van der Waals surface area contributed by atoms with Gasteiger partial charge in [-0.15, -0.1) is 0 Å². The molecule has 0 fully saturated rings. The molecule has 0 aliphatic carbocycles. The van der Waals surface area contributed by atoms with E-state index in [9.17, 15) is 4.39 Å². The van der Waals surface area contributed by atoms with Crippen LogP contribution in [0.2, 0.25) is 0 Å². The van der Waals surface area contributed by atoms with Crippen molar-refractivity contribution in [2.45, 2.75) is 12.5 Å². The largest absolute Gasteiger partial charge is 0.383 e. The lowest BCUT2D eigenvalue weighted by Gasteiger charge is -2.11. The SMILES string of the molecule is CNC(COC)Cc1nc(-c2ccc(F)c(Br)c2)no1. The minimum Gasteiger partial charge on any atom is -0.383 e. The molecule has 108 valence electrons. The summed E-state index contributed by atoms with van der Waals surface area (Å²) in [6, 6.07) is 4.69. The molecule has 20 heavy (non-hydrogen) atoms. The average Bonchev–Trinajstić information content (AvgIpc) is 2.90. The molecule has 1 heterocycles. The third-order valence-corrected chi connectivity index (χ3v) is 3.45. The van der Waals surface area contributed by atoms with Crippen LogP contribution >= 0.6 is 15.9 Å². The van der Waals surface area contributed by atoms with Gasteiger partial charge in [-0.1, -0.05) is 5.16 Å². The minimum absolute atomic E-state index is 0.105. The van der Waals surface area contributed by atoms with Gasteiger partial charge in [-0.25, -0.2) is 4.39 Å². The van der Waals surface area contributed by atoms with Crippen molar-refractivity contribution in [1.29, 1.82) is 0 Å². The summed E-state index contributed by atoms with van der Waals surface area (Å²) in [4.78, 5) is 4.30. The van der Waals surface area contributed by atoms with Crippen molar-refractivity contribution in [3.05, 3.63) is 34.4 Å². The van der Waals surface area contributed by atoms with E-state index < -0.39 is 0 Å². The molecule has 0 amide bonds. The zero-order valence-corrected chi connectivity index (χ0v) is 12.8. The second-order valence-corrected chi connectivity index (χ2v) is 5.14. The number of rotatable bonds is 6. The Bertz CT molecular complexity index is 576. The van der Waals surface area contributed by atoms with Gasteiger partial charge in [0, 0.05) is 25.1 Å². The fourth-order valence-corrected chi connectivity index (χ4v) is 2.13. The first-order chi connectivity index (χ1) is 9.63. The van der Waals surface area contributed by atoms with Gasteiger partial charge in [-0.3, -0.25) is 0 Å². The molecule has 0 saturated carbocycles. The van der Waals surface area contributed by atoms with Crippen molar-refractivity contribution < 1.29 is 13.7 Å². The van der Waals surface area contributed by atoms with Crippen LogP contribution in [0.1, 0.15) is 5.89 Å². The summed E-state index contributed by atoms with van der Waals surface area (Å²) in [6.07, 6.45) is 0.569. The first kappa shape index (κ1) is 15.1. The molecular weight excluding hydrogens is 329 g/mol. The van der Waals surface area contributed by atoms with Crippen LogP contribution in [0.4, 0.5) is 4.39 Å². The molecule has 0 bridgehead atoms. The molecule has 7 heteroatoms. The summed E-state index contributed by atoms with van der Waals surface area (Å²) in [5.74, 6) is 0.623. The number of nitrogens with one attached hydrogen (secondary N) is 1. The molecule has 2 rings (SSSR count). The van der Waals surface area contributed by atoms with E-state index in [1.807, 2.05) is 7.05 Å². The zero-order valence-electron chi connectivity index (χ0n) is 11.2. The summed E-state index contributed by atoms with van der Waals surface area (Å²) >= 11 is 3.13. The van der Waals surface area contributed by atoms with Crippen molar-refractivity contribution in [2.24, 2.45) is 0 Å². The van der Waals surface area contributed by atoms with E-state index in [4.69, 9.17) is 9.26 Å². The number of likely N-dealkylation sites (N-methyl/N-ethyl adjacent to an activating group) is 1. The Morgan fingerprint density at radius 2 is 2.30 bits per heavy atom. The monoisotopic (exact) mass is 343 g/mol. The second-order valence-electron chi connectivity index (χ2n) is 4.29. The highest BCUT2D eigenvalue weighted by Crippen LogP contribution is 2.23. The van der Waals surface area contributed by atoms with Crippen molar-refractivity contribution in [2.75, 3.05) is 20.8 Å². The average molecular weight is 344 g/mol. The van der Waals surface area contributed by atoms with E-state index >= 15 is 0 Å². The number of nitrogens with zero attached hydrogens (tertiary/aromatic N) is 2. The second kappa shape index (κ2) is 6.92. The van der Waals surface area contributed by atoms with E-state index in [0.717, 1.165) is 0 Å². The van der Waals surface area contributed by atoms with E-state index in [0.29, 0.717) is 34.8 Å². The van der Waals surface area contributed by atoms with E-state index in [1.165, 1.54) is 6.07 Å². The van der Waals surface area contributed by atoms with Gasteiger partial charge in [-0.2, -0.15) is 4.98 Å². The minimum atomic E-state index is -0.326. The highest BCUT2D eigenvalue weighted by molar-refractivity contribution is 9.10. The normalized spacial score (nSPS) is 12.6. The predicted octanol–water partition coefficient (Wildman–Crippen LogP) is 2.42. The lowest BCUT2D eigenvalue weighted by atomic mass is 10.2. The number of benzene rings is 1. The number of halogens is 2. The van der Waals surface area contributed by atoms with E-state index in [2.05, 4.69) is 31.4 Å². The number of hydrogen-bond donors (Lipinski definition) is 1. The third kappa shape index (κ3) is 3.62. The number of methoxy groups -OCH3 is 1. The summed E-state index contributed by atoms with van der Waals surface area (Å²) in [7, 11) is 3.48. The van der Waals surface area contributed by atoms with Crippen molar-refractivity contribution in [1.82, 2.24) is 15.5 Å². The summed E-state index contributed by atoms with van der Waals surface area (Å²) in [6.45, 7) is 0.552. The molecule has 0 radical (unpaired) electrons. The first-order valence-corrected chi connectivity index (χ1v) is 6.87. The lowest BCUT2D eigenvalue weighted by molar-refractivity contribution is 0.165. The van der Waals surface area contributed by atoms with Crippen molar-refractivity contribution in [3.8, 4) is 11.4 Å². The van der Waals surface area contributed by atoms with Crippen LogP contribution in [-0.2, 0) is 11.2 Å². The molecule has 1 atom stereocenters. The Kier molecular flexibility index (Phi) is 5.22. The number of hydrogen-bond acceptors (Lipinski definition) is 5. The van der Waals surface area contributed by atoms with Crippen LogP contribution in [0.15, 0.2) is 27.2 Å². The quantitative estimate of drug-likeness (QED) is 0.872. The highest BCUT2D eigenvalue weighted by Gasteiger charge is 2.14. The van der Waals surface area contributed by atoms with Gasteiger partial charge >= 0.3 is 0 Å².